The maximum atomic E-state index is 12.4. The van der Waals surface area contributed by atoms with Gasteiger partial charge in [0.25, 0.3) is 0 Å². The molecule has 1 amide bonds. The maximum Gasteiger partial charge on any atom is 0.339 e. The summed E-state index contributed by atoms with van der Waals surface area (Å²) in [4.78, 5) is 26.5. The number of methoxy groups -OCH3 is 1. The molecule has 1 aliphatic rings. The van der Waals surface area contributed by atoms with Crippen LogP contribution in [0.1, 0.15) is 35.4 Å². The number of carbonyl (C=O) groups is 2. The molecule has 2 aromatic heterocycles. The monoisotopic (exact) mass is 394 g/mol. The summed E-state index contributed by atoms with van der Waals surface area (Å²) in [5, 5.41) is 15.7. The fourth-order valence-electron chi connectivity index (χ4n) is 3.41. The molecule has 4 rings (SSSR count). The zero-order chi connectivity index (χ0) is 20.2. The van der Waals surface area contributed by atoms with Gasteiger partial charge in [0.05, 0.1) is 18.4 Å². The van der Waals surface area contributed by atoms with Crippen LogP contribution in [-0.2, 0) is 16.0 Å². The van der Waals surface area contributed by atoms with E-state index in [1.165, 1.54) is 20.0 Å². The summed E-state index contributed by atoms with van der Waals surface area (Å²) in [6.07, 6.45) is 2.90. The second-order valence-electron chi connectivity index (χ2n) is 6.86. The van der Waals surface area contributed by atoms with Crippen molar-refractivity contribution in [1.29, 1.82) is 0 Å². The van der Waals surface area contributed by atoms with Crippen molar-refractivity contribution in [2.75, 3.05) is 30.4 Å². The number of ether oxygens (including phenoxy) is 1. The molecule has 1 fully saturated rings. The summed E-state index contributed by atoms with van der Waals surface area (Å²) < 4.78 is 6.45. The Morgan fingerprint density at radius 2 is 1.90 bits per heavy atom. The molecule has 3 aromatic rings. The summed E-state index contributed by atoms with van der Waals surface area (Å²) in [6.45, 7) is 2.00. The van der Waals surface area contributed by atoms with Crippen LogP contribution in [0.3, 0.4) is 0 Å². The maximum absolute atomic E-state index is 12.4. The minimum absolute atomic E-state index is 0.186. The lowest BCUT2D eigenvalue weighted by molar-refractivity contribution is -0.116. The summed E-state index contributed by atoms with van der Waals surface area (Å²) in [5.41, 5.74) is 1.39. The van der Waals surface area contributed by atoms with E-state index in [9.17, 15) is 9.59 Å². The first-order chi connectivity index (χ1) is 14.2. The predicted molar refractivity (Wildman–Crippen MR) is 107 cm³/mol. The fraction of sp³-hybridized carbons (Fsp3) is 0.350. The van der Waals surface area contributed by atoms with Gasteiger partial charge in [0.1, 0.15) is 5.82 Å². The van der Waals surface area contributed by atoms with Crippen LogP contribution in [0.4, 0.5) is 11.5 Å². The molecular formula is C20H22N6O3. The highest BCUT2D eigenvalue weighted by molar-refractivity contribution is 6.01. The lowest BCUT2D eigenvalue weighted by Gasteiger charge is -2.15. The molecule has 9 heteroatoms. The SMILES string of the molecule is COC(=O)c1ccccc1NC(=O)CCc1nnc2ccc(N3CCCC3)nn12. The molecule has 0 unspecified atom stereocenters. The van der Waals surface area contributed by atoms with Gasteiger partial charge in [-0.05, 0) is 37.1 Å². The number of esters is 1. The Morgan fingerprint density at radius 1 is 1.10 bits per heavy atom. The molecule has 1 saturated heterocycles. The van der Waals surface area contributed by atoms with E-state index >= 15 is 0 Å². The van der Waals surface area contributed by atoms with Gasteiger partial charge < -0.3 is 15.0 Å². The van der Waals surface area contributed by atoms with Crippen molar-refractivity contribution < 1.29 is 14.3 Å². The number of nitrogens with one attached hydrogen (secondary N) is 1. The normalized spacial score (nSPS) is 13.6. The molecule has 1 N–H and O–H groups in total. The number of amides is 1. The van der Waals surface area contributed by atoms with Crippen molar-refractivity contribution in [3.05, 3.63) is 47.8 Å². The molecule has 9 nitrogen and oxygen atoms in total. The predicted octanol–water partition coefficient (Wildman–Crippen LogP) is 2.08. The number of hydrogen-bond donors (Lipinski definition) is 1. The Kier molecular flexibility index (Phi) is 5.37. The smallest absolute Gasteiger partial charge is 0.339 e. The molecule has 1 aliphatic heterocycles. The number of para-hydroxylation sites is 1. The van der Waals surface area contributed by atoms with Crippen LogP contribution < -0.4 is 10.2 Å². The highest BCUT2D eigenvalue weighted by Crippen LogP contribution is 2.19. The number of aryl methyl sites for hydroxylation is 1. The zero-order valence-corrected chi connectivity index (χ0v) is 16.2. The van der Waals surface area contributed by atoms with Gasteiger partial charge in [-0.1, -0.05) is 12.1 Å². The third-order valence-corrected chi connectivity index (χ3v) is 4.93. The summed E-state index contributed by atoms with van der Waals surface area (Å²) in [7, 11) is 1.31. The number of aromatic nitrogens is 4. The number of anilines is 2. The van der Waals surface area contributed by atoms with Crippen molar-refractivity contribution in [3.63, 3.8) is 0 Å². The van der Waals surface area contributed by atoms with Gasteiger partial charge in [0.15, 0.2) is 11.5 Å². The van der Waals surface area contributed by atoms with Crippen molar-refractivity contribution in [2.45, 2.75) is 25.7 Å². The third-order valence-electron chi connectivity index (χ3n) is 4.93. The first-order valence-electron chi connectivity index (χ1n) is 9.59. The second-order valence-corrected chi connectivity index (χ2v) is 6.86. The van der Waals surface area contributed by atoms with Crippen LogP contribution >= 0.6 is 0 Å². The molecule has 0 bridgehead atoms. The molecule has 0 radical (unpaired) electrons. The Labute approximate surface area is 167 Å². The van der Waals surface area contributed by atoms with Gasteiger partial charge in [0.2, 0.25) is 5.91 Å². The molecule has 3 heterocycles. The molecule has 0 atom stereocenters. The Balaban J connectivity index is 1.45. The van der Waals surface area contributed by atoms with Gasteiger partial charge in [-0.2, -0.15) is 4.52 Å². The van der Waals surface area contributed by atoms with Crippen molar-refractivity contribution >= 4 is 29.0 Å². The van der Waals surface area contributed by atoms with Crippen molar-refractivity contribution in [1.82, 2.24) is 19.8 Å². The summed E-state index contributed by atoms with van der Waals surface area (Å²) in [5.74, 6) is 0.793. The van der Waals surface area contributed by atoms with Crippen LogP contribution in [-0.4, -0.2) is 51.9 Å². The topological polar surface area (TPSA) is 102 Å². The van der Waals surface area contributed by atoms with Crippen LogP contribution in [0.15, 0.2) is 36.4 Å². The summed E-state index contributed by atoms with van der Waals surface area (Å²) >= 11 is 0. The van der Waals surface area contributed by atoms with Gasteiger partial charge in [-0.25, -0.2) is 4.79 Å². The Bertz CT molecular complexity index is 1040. The molecule has 0 spiro atoms. The Hall–Kier alpha value is -3.49. The minimum atomic E-state index is -0.497. The van der Waals surface area contributed by atoms with E-state index in [-0.39, 0.29) is 12.3 Å². The summed E-state index contributed by atoms with van der Waals surface area (Å²) in [6, 6.07) is 10.6. The average molecular weight is 394 g/mol. The number of fused-ring (bicyclic) bond motifs is 1. The van der Waals surface area contributed by atoms with Gasteiger partial charge in [-0.3, -0.25) is 4.79 Å². The molecule has 29 heavy (non-hydrogen) atoms. The standard InChI is InChI=1S/C20H22N6O3/c1-29-20(28)14-6-2-3-7-15(14)21-19(27)11-10-17-23-22-16-8-9-18(24-26(16)17)25-12-4-5-13-25/h2-3,6-9H,4-5,10-13H2,1H3,(H,21,27). The Morgan fingerprint density at radius 3 is 2.69 bits per heavy atom. The molecular weight excluding hydrogens is 372 g/mol. The van der Waals surface area contributed by atoms with Gasteiger partial charge in [0, 0.05) is 25.9 Å². The lowest BCUT2D eigenvalue weighted by Crippen LogP contribution is -2.20. The molecule has 1 aromatic carbocycles. The van der Waals surface area contributed by atoms with Crippen molar-refractivity contribution in [2.24, 2.45) is 0 Å². The van der Waals surface area contributed by atoms with E-state index in [2.05, 4.69) is 25.5 Å². The number of benzene rings is 1. The van der Waals surface area contributed by atoms with E-state index in [0.717, 1.165) is 18.9 Å². The first-order valence-corrected chi connectivity index (χ1v) is 9.59. The average Bonchev–Trinajstić information content (AvgIpc) is 3.42. The van der Waals surface area contributed by atoms with Crippen molar-refractivity contribution in [3.8, 4) is 0 Å². The van der Waals surface area contributed by atoms with Crippen LogP contribution in [0.2, 0.25) is 0 Å². The third kappa shape index (κ3) is 4.03. The highest BCUT2D eigenvalue weighted by atomic mass is 16.5. The number of rotatable bonds is 6. The molecule has 0 saturated carbocycles. The van der Waals surface area contributed by atoms with Crippen LogP contribution in [0.5, 0.6) is 0 Å². The molecule has 0 aliphatic carbocycles. The van der Waals surface area contributed by atoms with E-state index in [1.807, 2.05) is 12.1 Å². The van der Waals surface area contributed by atoms with E-state index < -0.39 is 5.97 Å². The van der Waals surface area contributed by atoms with E-state index in [4.69, 9.17) is 4.74 Å². The van der Waals surface area contributed by atoms with E-state index in [0.29, 0.717) is 29.1 Å². The number of hydrogen-bond acceptors (Lipinski definition) is 7. The lowest BCUT2D eigenvalue weighted by atomic mass is 10.1. The number of carbonyl (C=O) groups excluding carboxylic acids is 2. The van der Waals surface area contributed by atoms with E-state index in [1.54, 1.807) is 28.8 Å². The van der Waals surface area contributed by atoms with Gasteiger partial charge in [-0.15, -0.1) is 15.3 Å². The van der Waals surface area contributed by atoms with Gasteiger partial charge >= 0.3 is 5.97 Å². The quantitative estimate of drug-likeness (QED) is 0.639. The molecule has 150 valence electrons. The zero-order valence-electron chi connectivity index (χ0n) is 16.2. The first kappa shape index (κ1) is 18.9. The van der Waals surface area contributed by atoms with Crippen LogP contribution in [0.25, 0.3) is 5.65 Å². The van der Waals surface area contributed by atoms with Crippen LogP contribution in [0, 0.1) is 0 Å². The largest absolute Gasteiger partial charge is 0.465 e. The minimum Gasteiger partial charge on any atom is -0.465 e. The highest BCUT2D eigenvalue weighted by Gasteiger charge is 2.17. The fourth-order valence-corrected chi connectivity index (χ4v) is 3.41. The number of nitrogens with zero attached hydrogens (tertiary/aromatic N) is 5. The second kappa shape index (κ2) is 8.26.